The molecule has 1 nitrogen and oxygen atoms in total. The van der Waals surface area contributed by atoms with Crippen molar-refractivity contribution >= 4 is 61.1 Å². The monoisotopic (exact) mass is 409 g/mol. The molecule has 0 saturated carbocycles. The molecule has 48 valence electrons. The number of rotatable bonds is 0. The zero-order valence-corrected chi connectivity index (χ0v) is 10.1. The number of pyridine rings is 1. The van der Waals surface area contributed by atoms with Gasteiger partial charge in [0.25, 0.3) is 0 Å². The second-order valence-corrected chi connectivity index (χ2v) is 4.43. The van der Waals surface area contributed by atoms with Crippen molar-refractivity contribution in [3.05, 3.63) is 24.0 Å². The molecule has 4 heteroatoms. The number of halogens is 3. The summed E-state index contributed by atoms with van der Waals surface area (Å²) in [5, 5.41) is 0. The van der Waals surface area contributed by atoms with Crippen LogP contribution < -0.4 is 0 Å². The molecular weight excluding hydrogens is 408 g/mol. The van der Waals surface area contributed by atoms with Crippen molar-refractivity contribution in [2.75, 3.05) is 0 Å². The molecule has 0 atom stereocenters. The lowest BCUT2D eigenvalue weighted by molar-refractivity contribution is 1.21. The zero-order valence-electron chi connectivity index (χ0n) is 4.24. The topological polar surface area (TPSA) is 12.9 Å². The van der Waals surface area contributed by atoms with E-state index in [-0.39, 0.29) is 0 Å². The van der Waals surface area contributed by atoms with Crippen LogP contribution >= 0.6 is 61.1 Å². The van der Waals surface area contributed by atoms with Crippen molar-refractivity contribution in [2.45, 2.75) is 0 Å². The molecule has 1 rings (SSSR count). The van der Waals surface area contributed by atoms with E-state index in [2.05, 4.69) is 66.1 Å². The summed E-state index contributed by atoms with van der Waals surface area (Å²) in [5.74, 6) is 0. The molecule has 1 heterocycles. The molecule has 9 heavy (non-hydrogen) atoms. The molecule has 0 aliphatic carbocycles. The quantitative estimate of drug-likeness (QED) is 0.474. The maximum Gasteiger partial charge on any atom is 0.120 e. The van der Waals surface area contributed by atoms with Crippen molar-refractivity contribution in [3.63, 3.8) is 0 Å². The van der Waals surface area contributed by atoms with Crippen LogP contribution in [0.15, 0.2) is 16.7 Å². The van der Waals surface area contributed by atoms with E-state index in [1.807, 2.05) is 12.1 Å². The van der Waals surface area contributed by atoms with Gasteiger partial charge in [0.2, 0.25) is 0 Å². The Balaban J connectivity index is 3.17. The van der Waals surface area contributed by atoms with Crippen LogP contribution in [0.2, 0.25) is 0 Å². The molecule has 0 amide bonds. The van der Waals surface area contributed by atoms with Crippen molar-refractivity contribution in [1.82, 2.24) is 4.98 Å². The molecule has 0 fully saturated rings. The van der Waals surface area contributed by atoms with E-state index in [9.17, 15) is 0 Å². The van der Waals surface area contributed by atoms with E-state index in [0.29, 0.717) is 0 Å². The zero-order chi connectivity index (χ0) is 6.85. The lowest BCUT2D eigenvalue weighted by Crippen LogP contribution is -1.82. The Hall–Kier alpha value is 1.09. The van der Waals surface area contributed by atoms with Gasteiger partial charge in [0, 0.05) is 3.57 Å². The molecule has 0 radical (unpaired) electrons. The fourth-order valence-corrected chi connectivity index (χ4v) is 1.77. The van der Waals surface area contributed by atoms with Crippen LogP contribution in [0.4, 0.5) is 0 Å². The van der Waals surface area contributed by atoms with E-state index in [0.717, 1.165) is 11.9 Å². The average Bonchev–Trinajstić information content (AvgIpc) is 1.80. The number of aromatic nitrogens is 1. The van der Waals surface area contributed by atoms with E-state index < -0.39 is 0 Å². The Morgan fingerprint density at radius 2 is 2.00 bits per heavy atom. The lowest BCUT2D eigenvalue weighted by atomic mass is 10.5. The summed E-state index contributed by atoms with van der Waals surface area (Å²) in [4.78, 5) is 4.17. The fraction of sp³-hybridized carbons (Fsp3) is 0. The van der Waals surface area contributed by atoms with Gasteiger partial charge >= 0.3 is 0 Å². The van der Waals surface area contributed by atoms with E-state index in [1.54, 1.807) is 0 Å². The molecule has 0 N–H and O–H groups in total. The minimum atomic E-state index is 0.926. The summed E-state index contributed by atoms with van der Waals surface area (Å²) in [7, 11) is 0. The molecule has 0 aromatic carbocycles. The third kappa shape index (κ3) is 2.30. The van der Waals surface area contributed by atoms with Crippen LogP contribution in [0.5, 0.6) is 0 Å². The molecule has 1 aromatic rings. The van der Waals surface area contributed by atoms with Gasteiger partial charge in [0.1, 0.15) is 8.30 Å². The van der Waals surface area contributed by atoms with E-state index >= 15 is 0 Å². The average molecular weight is 410 g/mol. The van der Waals surface area contributed by atoms with Gasteiger partial charge in [-0.3, -0.25) is 0 Å². The standard InChI is InChI=1S/C5H2BrI2N/c6-5-3(7)1-2-4(8)9-5/h1-2H. The Bertz CT molecular complexity index is 226. The summed E-state index contributed by atoms with van der Waals surface area (Å²) in [6, 6.07) is 4.01. The molecule has 0 unspecified atom stereocenters. The van der Waals surface area contributed by atoms with Gasteiger partial charge in [-0.15, -0.1) is 0 Å². The second kappa shape index (κ2) is 3.47. The summed E-state index contributed by atoms with van der Waals surface area (Å²) in [6.07, 6.45) is 0. The highest BCUT2D eigenvalue weighted by Crippen LogP contribution is 2.16. The summed E-state index contributed by atoms with van der Waals surface area (Å²) < 4.78 is 3.09. The first kappa shape index (κ1) is 8.19. The molecule has 0 saturated heterocycles. The first-order chi connectivity index (χ1) is 4.20. The van der Waals surface area contributed by atoms with Crippen molar-refractivity contribution in [1.29, 1.82) is 0 Å². The predicted octanol–water partition coefficient (Wildman–Crippen LogP) is 3.05. The molecule has 0 spiro atoms. The van der Waals surface area contributed by atoms with Gasteiger partial charge in [-0.1, -0.05) is 0 Å². The van der Waals surface area contributed by atoms with Crippen LogP contribution in [-0.2, 0) is 0 Å². The molecule has 0 aliphatic heterocycles. The smallest absolute Gasteiger partial charge is 0.120 e. The Morgan fingerprint density at radius 1 is 1.33 bits per heavy atom. The summed E-state index contributed by atoms with van der Waals surface area (Å²) >= 11 is 7.73. The van der Waals surface area contributed by atoms with E-state index in [1.165, 1.54) is 0 Å². The fourth-order valence-electron chi connectivity index (χ4n) is 0.395. The minimum Gasteiger partial charge on any atom is -0.234 e. The Morgan fingerprint density at radius 3 is 2.44 bits per heavy atom. The first-order valence-corrected chi connectivity index (χ1v) is 5.13. The van der Waals surface area contributed by atoms with Crippen LogP contribution in [0, 0.1) is 7.27 Å². The van der Waals surface area contributed by atoms with Gasteiger partial charge in [-0.25, -0.2) is 4.98 Å². The SMILES string of the molecule is Brc1nc(I)ccc1I. The third-order valence-corrected chi connectivity index (χ3v) is 3.59. The van der Waals surface area contributed by atoms with Crippen molar-refractivity contribution in [3.8, 4) is 0 Å². The first-order valence-electron chi connectivity index (χ1n) is 2.17. The van der Waals surface area contributed by atoms with E-state index in [4.69, 9.17) is 0 Å². The number of hydrogen-bond donors (Lipinski definition) is 0. The van der Waals surface area contributed by atoms with Crippen LogP contribution in [0.1, 0.15) is 0 Å². The highest BCUT2D eigenvalue weighted by Gasteiger charge is 1.95. The van der Waals surface area contributed by atoms with Crippen LogP contribution in [0.25, 0.3) is 0 Å². The van der Waals surface area contributed by atoms with Gasteiger partial charge < -0.3 is 0 Å². The molecule has 0 aliphatic rings. The Kier molecular flexibility index (Phi) is 3.16. The van der Waals surface area contributed by atoms with Crippen LogP contribution in [-0.4, -0.2) is 4.98 Å². The van der Waals surface area contributed by atoms with Gasteiger partial charge in [-0.2, -0.15) is 0 Å². The van der Waals surface area contributed by atoms with Crippen LogP contribution in [0.3, 0.4) is 0 Å². The largest absolute Gasteiger partial charge is 0.234 e. The summed E-state index contributed by atoms with van der Waals surface area (Å²) in [6.45, 7) is 0. The van der Waals surface area contributed by atoms with Gasteiger partial charge in [0.15, 0.2) is 0 Å². The molecule has 1 aromatic heterocycles. The second-order valence-electron chi connectivity index (χ2n) is 1.41. The lowest BCUT2D eigenvalue weighted by Gasteiger charge is -1.93. The van der Waals surface area contributed by atoms with Crippen molar-refractivity contribution in [2.24, 2.45) is 0 Å². The number of hydrogen-bond acceptors (Lipinski definition) is 1. The van der Waals surface area contributed by atoms with Gasteiger partial charge in [0.05, 0.1) is 0 Å². The predicted molar refractivity (Wildman–Crippen MR) is 57.4 cm³/mol. The minimum absolute atomic E-state index is 0.926. The highest BCUT2D eigenvalue weighted by atomic mass is 127. The van der Waals surface area contributed by atoms with Crippen molar-refractivity contribution < 1.29 is 0 Å². The Labute approximate surface area is 89.0 Å². The summed E-state index contributed by atoms with van der Waals surface area (Å²) in [5.41, 5.74) is 0. The number of nitrogens with zero attached hydrogens (tertiary/aromatic N) is 1. The molecule has 0 bridgehead atoms. The van der Waals surface area contributed by atoms with Gasteiger partial charge in [-0.05, 0) is 73.2 Å². The normalized spacial score (nSPS) is 9.67. The third-order valence-electron chi connectivity index (χ3n) is 0.769. The maximum atomic E-state index is 4.17. The maximum absolute atomic E-state index is 4.17. The highest BCUT2D eigenvalue weighted by molar-refractivity contribution is 14.1. The molecular formula is C5H2BrI2N.